The molecule has 1 saturated heterocycles. The van der Waals surface area contributed by atoms with Gasteiger partial charge in [0.15, 0.2) is 0 Å². The predicted molar refractivity (Wildman–Crippen MR) is 109 cm³/mol. The second-order valence-electron chi connectivity index (χ2n) is 6.64. The van der Waals surface area contributed by atoms with E-state index in [-0.39, 0.29) is 30.3 Å². The molecule has 1 fully saturated rings. The van der Waals surface area contributed by atoms with Crippen LogP contribution in [-0.4, -0.2) is 48.4 Å². The Morgan fingerprint density at radius 1 is 1.07 bits per heavy atom. The van der Waals surface area contributed by atoms with Gasteiger partial charge in [-0.25, -0.2) is 4.79 Å². The first-order chi connectivity index (χ1) is 13.6. The molecule has 7 nitrogen and oxygen atoms in total. The first-order valence-electron chi connectivity index (χ1n) is 9.32. The zero-order chi connectivity index (χ0) is 19.8. The molecule has 3 N–H and O–H groups in total. The van der Waals surface area contributed by atoms with E-state index < -0.39 is 0 Å². The van der Waals surface area contributed by atoms with Gasteiger partial charge in [-0.3, -0.25) is 9.59 Å². The van der Waals surface area contributed by atoms with Crippen molar-refractivity contribution >= 4 is 34.9 Å². The first-order valence-corrected chi connectivity index (χ1v) is 10.3. The number of urea groups is 1. The molecular weight excluding hydrogens is 376 g/mol. The summed E-state index contributed by atoms with van der Waals surface area (Å²) in [4.78, 5) is 38.0. The average molecular weight is 401 g/mol. The third-order valence-electron chi connectivity index (χ3n) is 4.59. The largest absolute Gasteiger partial charge is 0.353 e. The Hall–Kier alpha value is -2.87. The summed E-state index contributed by atoms with van der Waals surface area (Å²) in [5.41, 5.74) is 1.39. The fourth-order valence-electron chi connectivity index (χ4n) is 3.04. The van der Waals surface area contributed by atoms with Crippen molar-refractivity contribution in [3.8, 4) is 0 Å². The second kappa shape index (κ2) is 9.89. The summed E-state index contributed by atoms with van der Waals surface area (Å²) in [7, 11) is 0. The maximum atomic E-state index is 12.3. The summed E-state index contributed by atoms with van der Waals surface area (Å²) in [6.07, 6.45) is 1.68. The van der Waals surface area contributed by atoms with Crippen LogP contribution in [0.2, 0.25) is 0 Å². The molecule has 0 unspecified atom stereocenters. The molecule has 4 amide bonds. The molecule has 1 aromatic carbocycles. The summed E-state index contributed by atoms with van der Waals surface area (Å²) < 4.78 is 0. The van der Waals surface area contributed by atoms with Crippen molar-refractivity contribution in [2.75, 3.05) is 25.0 Å². The van der Waals surface area contributed by atoms with Crippen LogP contribution in [0.3, 0.4) is 0 Å². The number of benzene rings is 1. The number of hydrogen-bond donors (Lipinski definition) is 3. The summed E-state index contributed by atoms with van der Waals surface area (Å²) in [6.45, 7) is 1.50. The Bertz CT molecular complexity index is 787. The minimum absolute atomic E-state index is 0.0563. The maximum absolute atomic E-state index is 12.3. The molecule has 0 saturated carbocycles. The van der Waals surface area contributed by atoms with E-state index in [0.717, 1.165) is 18.5 Å². The van der Waals surface area contributed by atoms with Crippen LogP contribution in [0.1, 0.15) is 29.6 Å². The number of thiophene rings is 1. The monoisotopic (exact) mass is 400 g/mol. The normalized spacial score (nSPS) is 14.4. The van der Waals surface area contributed by atoms with E-state index in [9.17, 15) is 14.4 Å². The van der Waals surface area contributed by atoms with Crippen LogP contribution in [0.4, 0.5) is 10.5 Å². The quantitative estimate of drug-likeness (QED) is 0.696. The zero-order valence-corrected chi connectivity index (χ0v) is 16.3. The molecule has 0 atom stereocenters. The average Bonchev–Trinajstić information content (AvgIpc) is 3.24. The van der Waals surface area contributed by atoms with Crippen LogP contribution in [0.25, 0.3) is 0 Å². The van der Waals surface area contributed by atoms with Gasteiger partial charge in [0.2, 0.25) is 5.91 Å². The Balaban J connectivity index is 1.33. The number of likely N-dealkylation sites (tertiary alicyclic amines) is 1. The van der Waals surface area contributed by atoms with Gasteiger partial charge in [-0.05, 0) is 36.4 Å². The van der Waals surface area contributed by atoms with Crippen molar-refractivity contribution in [2.24, 2.45) is 0 Å². The third kappa shape index (κ3) is 5.82. The summed E-state index contributed by atoms with van der Waals surface area (Å²) >= 11 is 1.46. The molecule has 2 aromatic rings. The molecule has 28 heavy (non-hydrogen) atoms. The van der Waals surface area contributed by atoms with Crippen molar-refractivity contribution in [1.29, 1.82) is 0 Å². The highest BCUT2D eigenvalue weighted by Gasteiger charge is 2.23. The van der Waals surface area contributed by atoms with Crippen LogP contribution in [-0.2, 0) is 4.79 Å². The number of rotatable bonds is 6. The molecule has 2 heterocycles. The number of nitrogens with zero attached hydrogens (tertiary/aromatic N) is 1. The minimum atomic E-state index is -0.160. The van der Waals surface area contributed by atoms with Gasteiger partial charge in [0.05, 0.1) is 0 Å². The number of anilines is 1. The van der Waals surface area contributed by atoms with Crippen molar-refractivity contribution in [2.45, 2.75) is 25.3 Å². The smallest absolute Gasteiger partial charge is 0.321 e. The molecular formula is C20H24N4O3S. The Morgan fingerprint density at radius 2 is 1.82 bits per heavy atom. The van der Waals surface area contributed by atoms with Gasteiger partial charge in [-0.15, -0.1) is 0 Å². The molecule has 1 aliphatic rings. The van der Waals surface area contributed by atoms with Crippen LogP contribution in [0.15, 0.2) is 47.2 Å². The van der Waals surface area contributed by atoms with Gasteiger partial charge < -0.3 is 20.9 Å². The van der Waals surface area contributed by atoms with Crippen LogP contribution in [0, 0.1) is 0 Å². The lowest BCUT2D eigenvalue weighted by molar-refractivity contribution is -0.121. The fourth-order valence-corrected chi connectivity index (χ4v) is 3.67. The van der Waals surface area contributed by atoms with E-state index in [1.54, 1.807) is 16.3 Å². The molecule has 8 heteroatoms. The van der Waals surface area contributed by atoms with Crippen LogP contribution < -0.4 is 16.0 Å². The fraction of sp³-hybridized carbons (Fsp3) is 0.350. The minimum Gasteiger partial charge on any atom is -0.353 e. The van der Waals surface area contributed by atoms with Crippen molar-refractivity contribution < 1.29 is 14.4 Å². The van der Waals surface area contributed by atoms with E-state index in [0.29, 0.717) is 25.2 Å². The van der Waals surface area contributed by atoms with E-state index in [2.05, 4.69) is 16.0 Å². The molecule has 1 aromatic heterocycles. The van der Waals surface area contributed by atoms with E-state index >= 15 is 0 Å². The topological polar surface area (TPSA) is 90.5 Å². The molecule has 0 bridgehead atoms. The first kappa shape index (κ1) is 19.9. The highest BCUT2D eigenvalue weighted by molar-refractivity contribution is 7.08. The standard InChI is InChI=1S/C20H24N4O3S/c25-18(6-10-21-19(26)15-9-13-28-14-15)22-17-7-11-24(12-8-17)20(27)23-16-4-2-1-3-5-16/h1-5,9,13-14,17H,6-8,10-12H2,(H,21,26)(H,22,25)(H,23,27). The Morgan fingerprint density at radius 3 is 2.50 bits per heavy atom. The molecule has 1 aliphatic heterocycles. The van der Waals surface area contributed by atoms with Gasteiger partial charge in [-0.1, -0.05) is 18.2 Å². The number of piperidine rings is 1. The van der Waals surface area contributed by atoms with Gasteiger partial charge in [0, 0.05) is 48.7 Å². The molecule has 0 radical (unpaired) electrons. The number of para-hydroxylation sites is 1. The Kier molecular flexibility index (Phi) is 7.02. The van der Waals surface area contributed by atoms with E-state index in [1.165, 1.54) is 11.3 Å². The summed E-state index contributed by atoms with van der Waals surface area (Å²) in [6, 6.07) is 11.0. The van der Waals surface area contributed by atoms with Crippen LogP contribution >= 0.6 is 11.3 Å². The summed E-state index contributed by atoms with van der Waals surface area (Å²) in [5, 5.41) is 12.2. The number of carbonyl (C=O) groups is 3. The maximum Gasteiger partial charge on any atom is 0.321 e. The van der Waals surface area contributed by atoms with Gasteiger partial charge in [0.25, 0.3) is 5.91 Å². The van der Waals surface area contributed by atoms with Gasteiger partial charge in [-0.2, -0.15) is 11.3 Å². The summed E-state index contributed by atoms with van der Waals surface area (Å²) in [5.74, 6) is -0.246. The number of hydrogen-bond acceptors (Lipinski definition) is 4. The molecule has 0 spiro atoms. The van der Waals surface area contributed by atoms with E-state index in [1.807, 2.05) is 35.7 Å². The van der Waals surface area contributed by atoms with Crippen molar-refractivity contribution in [1.82, 2.24) is 15.5 Å². The number of carbonyl (C=O) groups excluding carboxylic acids is 3. The molecule has 0 aliphatic carbocycles. The highest BCUT2D eigenvalue weighted by Crippen LogP contribution is 2.13. The van der Waals surface area contributed by atoms with E-state index in [4.69, 9.17) is 0 Å². The molecule has 148 valence electrons. The van der Waals surface area contributed by atoms with Gasteiger partial charge in [0.1, 0.15) is 0 Å². The molecule has 3 rings (SSSR count). The van der Waals surface area contributed by atoms with Crippen molar-refractivity contribution in [3.63, 3.8) is 0 Å². The van der Waals surface area contributed by atoms with Gasteiger partial charge >= 0.3 is 6.03 Å². The van der Waals surface area contributed by atoms with Crippen molar-refractivity contribution in [3.05, 3.63) is 52.7 Å². The Labute approximate surface area is 168 Å². The number of nitrogens with one attached hydrogen (secondary N) is 3. The lowest BCUT2D eigenvalue weighted by Crippen LogP contribution is -2.48. The van der Waals surface area contributed by atoms with Crippen LogP contribution in [0.5, 0.6) is 0 Å². The third-order valence-corrected chi connectivity index (χ3v) is 5.28. The highest BCUT2D eigenvalue weighted by atomic mass is 32.1. The predicted octanol–water partition coefficient (Wildman–Crippen LogP) is 2.68. The zero-order valence-electron chi connectivity index (χ0n) is 15.5. The second-order valence-corrected chi connectivity index (χ2v) is 7.42. The number of amides is 4. The lowest BCUT2D eigenvalue weighted by Gasteiger charge is -2.32. The lowest BCUT2D eigenvalue weighted by atomic mass is 10.1. The SMILES string of the molecule is O=C(CCNC(=O)c1ccsc1)NC1CCN(C(=O)Nc2ccccc2)CC1.